The SMILES string of the molecule is CCC(=O)N[C@@H](COC1OC(CO)C(O)C(O)C1O)[C@H](O)[C@H](O)CC. The summed E-state index contributed by atoms with van der Waals surface area (Å²) in [7, 11) is 0. The van der Waals surface area contributed by atoms with E-state index in [1.807, 2.05) is 0 Å². The summed E-state index contributed by atoms with van der Waals surface area (Å²) in [4.78, 5) is 11.6. The topological polar surface area (TPSA) is 169 Å². The first-order valence-electron chi connectivity index (χ1n) is 8.34. The van der Waals surface area contributed by atoms with Gasteiger partial charge in [0.05, 0.1) is 25.4 Å². The third-order valence-corrected chi connectivity index (χ3v) is 4.18. The molecule has 10 nitrogen and oxygen atoms in total. The van der Waals surface area contributed by atoms with Gasteiger partial charge >= 0.3 is 0 Å². The van der Waals surface area contributed by atoms with Gasteiger partial charge < -0.3 is 45.4 Å². The van der Waals surface area contributed by atoms with Crippen LogP contribution in [0.25, 0.3) is 0 Å². The van der Waals surface area contributed by atoms with Crippen molar-refractivity contribution in [1.29, 1.82) is 0 Å². The Morgan fingerprint density at radius 2 is 1.80 bits per heavy atom. The molecular weight excluding hydrogens is 338 g/mol. The molecule has 5 unspecified atom stereocenters. The molecule has 0 aliphatic carbocycles. The first kappa shape index (κ1) is 22.2. The molecule has 1 aliphatic heterocycles. The van der Waals surface area contributed by atoms with Crippen molar-refractivity contribution >= 4 is 5.91 Å². The summed E-state index contributed by atoms with van der Waals surface area (Å²) in [5.74, 6) is -0.371. The van der Waals surface area contributed by atoms with Crippen molar-refractivity contribution in [2.45, 2.75) is 75.6 Å². The molecular formula is C15H29NO9. The number of amides is 1. The summed E-state index contributed by atoms with van der Waals surface area (Å²) >= 11 is 0. The number of ether oxygens (including phenoxy) is 2. The van der Waals surface area contributed by atoms with Crippen molar-refractivity contribution in [3.63, 3.8) is 0 Å². The van der Waals surface area contributed by atoms with E-state index in [-0.39, 0.29) is 25.4 Å². The van der Waals surface area contributed by atoms with E-state index in [1.54, 1.807) is 13.8 Å². The lowest BCUT2D eigenvalue weighted by molar-refractivity contribution is -0.303. The highest BCUT2D eigenvalue weighted by atomic mass is 16.7. The van der Waals surface area contributed by atoms with Gasteiger partial charge in [-0.25, -0.2) is 0 Å². The minimum Gasteiger partial charge on any atom is -0.394 e. The van der Waals surface area contributed by atoms with Gasteiger partial charge in [-0.2, -0.15) is 0 Å². The summed E-state index contributed by atoms with van der Waals surface area (Å²) in [5, 5.41) is 60.9. The normalized spacial score (nSPS) is 33.5. The second-order valence-electron chi connectivity index (χ2n) is 6.02. The number of aliphatic hydroxyl groups excluding tert-OH is 6. The Balaban J connectivity index is 2.75. The first-order valence-corrected chi connectivity index (χ1v) is 8.34. The van der Waals surface area contributed by atoms with Gasteiger partial charge in [0.25, 0.3) is 0 Å². The Hall–Kier alpha value is -0.850. The van der Waals surface area contributed by atoms with E-state index in [0.29, 0.717) is 0 Å². The molecule has 0 radical (unpaired) electrons. The fraction of sp³-hybridized carbons (Fsp3) is 0.933. The lowest BCUT2D eigenvalue weighted by Gasteiger charge is -2.40. The van der Waals surface area contributed by atoms with E-state index in [0.717, 1.165) is 0 Å². The van der Waals surface area contributed by atoms with E-state index in [4.69, 9.17) is 14.6 Å². The van der Waals surface area contributed by atoms with Crippen LogP contribution in [0.4, 0.5) is 0 Å². The lowest BCUT2D eigenvalue weighted by atomic mass is 9.99. The highest BCUT2D eigenvalue weighted by Crippen LogP contribution is 2.22. The van der Waals surface area contributed by atoms with Gasteiger partial charge in [0.15, 0.2) is 6.29 Å². The number of nitrogens with one attached hydrogen (secondary N) is 1. The predicted molar refractivity (Wildman–Crippen MR) is 84.2 cm³/mol. The van der Waals surface area contributed by atoms with Gasteiger partial charge in [-0.1, -0.05) is 13.8 Å². The highest BCUT2D eigenvalue weighted by molar-refractivity contribution is 5.75. The summed E-state index contributed by atoms with van der Waals surface area (Å²) in [6.07, 6.45) is -9.21. The molecule has 1 rings (SSSR count). The van der Waals surface area contributed by atoms with Gasteiger partial charge in [0, 0.05) is 6.42 Å². The van der Waals surface area contributed by atoms with Gasteiger partial charge in [-0.05, 0) is 6.42 Å². The maximum Gasteiger partial charge on any atom is 0.220 e. The molecule has 8 atom stereocenters. The van der Waals surface area contributed by atoms with E-state index in [9.17, 15) is 30.3 Å². The summed E-state index contributed by atoms with van der Waals surface area (Å²) in [5.41, 5.74) is 0. The zero-order chi connectivity index (χ0) is 19.1. The van der Waals surface area contributed by atoms with Crippen LogP contribution in [-0.2, 0) is 14.3 Å². The standard InChI is InChI=1S/C15H29NO9/c1-3-8(18)11(20)7(16-10(19)4-2)6-24-15-14(23)13(22)12(21)9(5-17)25-15/h7-9,11-15,17-18,20-23H,3-6H2,1-2H3,(H,16,19)/t7-,8+,9?,11-,12?,13?,14?,15?/m0/s1. The van der Waals surface area contributed by atoms with E-state index < -0.39 is 55.6 Å². The van der Waals surface area contributed by atoms with Crippen molar-refractivity contribution in [3.8, 4) is 0 Å². The number of carbonyl (C=O) groups is 1. The van der Waals surface area contributed by atoms with Crippen molar-refractivity contribution in [3.05, 3.63) is 0 Å². The number of hydrogen-bond acceptors (Lipinski definition) is 9. The van der Waals surface area contributed by atoms with Crippen LogP contribution < -0.4 is 5.32 Å². The summed E-state index contributed by atoms with van der Waals surface area (Å²) < 4.78 is 10.5. The van der Waals surface area contributed by atoms with Crippen LogP contribution in [0.1, 0.15) is 26.7 Å². The van der Waals surface area contributed by atoms with Gasteiger partial charge in [0.2, 0.25) is 5.91 Å². The first-order chi connectivity index (χ1) is 11.8. The Morgan fingerprint density at radius 3 is 2.32 bits per heavy atom. The fourth-order valence-electron chi connectivity index (χ4n) is 2.45. The molecule has 7 N–H and O–H groups in total. The second kappa shape index (κ2) is 10.3. The Bertz CT molecular complexity index is 408. The van der Waals surface area contributed by atoms with E-state index in [1.165, 1.54) is 0 Å². The molecule has 1 saturated heterocycles. The van der Waals surface area contributed by atoms with Crippen LogP contribution in [0.15, 0.2) is 0 Å². The van der Waals surface area contributed by atoms with Crippen LogP contribution in [0, 0.1) is 0 Å². The molecule has 1 amide bonds. The average Bonchev–Trinajstić information content (AvgIpc) is 2.62. The van der Waals surface area contributed by atoms with E-state index in [2.05, 4.69) is 5.32 Å². The summed E-state index contributed by atoms with van der Waals surface area (Å²) in [6, 6.07) is -0.977. The molecule has 25 heavy (non-hydrogen) atoms. The molecule has 1 heterocycles. The molecule has 0 aromatic rings. The molecule has 0 saturated carbocycles. The number of rotatable bonds is 9. The quantitative estimate of drug-likeness (QED) is 0.222. The molecule has 1 aliphatic rings. The number of carbonyl (C=O) groups excluding carboxylic acids is 1. The smallest absolute Gasteiger partial charge is 0.220 e. The van der Waals surface area contributed by atoms with Crippen molar-refractivity contribution < 1.29 is 44.9 Å². The van der Waals surface area contributed by atoms with Gasteiger partial charge in [-0.3, -0.25) is 4.79 Å². The fourth-order valence-corrected chi connectivity index (χ4v) is 2.45. The van der Waals surface area contributed by atoms with Gasteiger partial charge in [-0.15, -0.1) is 0 Å². The zero-order valence-corrected chi connectivity index (χ0v) is 14.4. The molecule has 1 fully saturated rings. The molecule has 10 heteroatoms. The largest absolute Gasteiger partial charge is 0.394 e. The van der Waals surface area contributed by atoms with Crippen LogP contribution in [-0.4, -0.2) is 98.7 Å². The predicted octanol–water partition coefficient (Wildman–Crippen LogP) is -3.17. The number of hydrogen-bond donors (Lipinski definition) is 7. The minimum atomic E-state index is -1.59. The molecule has 0 aromatic carbocycles. The van der Waals surface area contributed by atoms with Crippen LogP contribution in [0.2, 0.25) is 0 Å². The summed E-state index contributed by atoms with van der Waals surface area (Å²) in [6.45, 7) is 2.35. The molecule has 148 valence electrons. The third-order valence-electron chi connectivity index (χ3n) is 4.18. The zero-order valence-electron chi connectivity index (χ0n) is 14.4. The number of aliphatic hydroxyl groups is 6. The lowest BCUT2D eigenvalue weighted by Crippen LogP contribution is -2.60. The Kier molecular flexibility index (Phi) is 9.17. The molecule has 0 aromatic heterocycles. The Morgan fingerprint density at radius 1 is 1.16 bits per heavy atom. The van der Waals surface area contributed by atoms with Crippen LogP contribution in [0.5, 0.6) is 0 Å². The van der Waals surface area contributed by atoms with E-state index >= 15 is 0 Å². The highest BCUT2D eigenvalue weighted by Gasteiger charge is 2.44. The minimum absolute atomic E-state index is 0.158. The second-order valence-corrected chi connectivity index (χ2v) is 6.02. The third kappa shape index (κ3) is 5.83. The maximum atomic E-state index is 11.6. The monoisotopic (exact) mass is 367 g/mol. The van der Waals surface area contributed by atoms with Crippen molar-refractivity contribution in [2.75, 3.05) is 13.2 Å². The maximum absolute atomic E-state index is 11.6. The molecule has 0 bridgehead atoms. The molecule has 0 spiro atoms. The Labute approximate surface area is 146 Å². The van der Waals surface area contributed by atoms with Gasteiger partial charge in [0.1, 0.15) is 30.5 Å². The van der Waals surface area contributed by atoms with Crippen molar-refractivity contribution in [1.82, 2.24) is 5.32 Å². The average molecular weight is 367 g/mol. The van der Waals surface area contributed by atoms with Crippen molar-refractivity contribution in [2.24, 2.45) is 0 Å². The van der Waals surface area contributed by atoms with Crippen LogP contribution >= 0.6 is 0 Å². The van der Waals surface area contributed by atoms with Crippen LogP contribution in [0.3, 0.4) is 0 Å².